The maximum atomic E-state index is 8.81. The molecule has 2 nitrogen and oxygen atoms in total. The Balaban J connectivity index is 1.80. The molecule has 0 aliphatic heterocycles. The molecule has 1 aromatic rings. The lowest BCUT2D eigenvalue weighted by atomic mass is 9.82. The van der Waals surface area contributed by atoms with Crippen LogP contribution in [-0.4, -0.2) is 12.7 Å². The summed E-state index contributed by atoms with van der Waals surface area (Å²) in [7, 11) is 0. The van der Waals surface area contributed by atoms with Gasteiger partial charge in [-0.05, 0) is 55.7 Å². The van der Waals surface area contributed by atoms with Gasteiger partial charge in [0, 0.05) is 6.61 Å². The minimum Gasteiger partial charge on any atom is -0.378 e. The minimum absolute atomic E-state index is 0.473. The molecule has 0 bridgehead atoms. The van der Waals surface area contributed by atoms with Gasteiger partial charge in [0.25, 0.3) is 0 Å². The molecule has 1 aliphatic rings. The Morgan fingerprint density at radius 3 is 2.42 bits per heavy atom. The molecule has 0 unspecified atom stereocenters. The second kappa shape index (κ2) is 7.31. The number of ether oxygens (including phenoxy) is 1. The van der Waals surface area contributed by atoms with E-state index >= 15 is 0 Å². The predicted molar refractivity (Wildman–Crippen MR) is 77.0 cm³/mol. The summed E-state index contributed by atoms with van der Waals surface area (Å²) < 4.78 is 5.90. The smallest absolute Gasteiger partial charge is 0.0991 e. The highest BCUT2D eigenvalue weighted by atomic mass is 16.5. The van der Waals surface area contributed by atoms with Crippen molar-refractivity contribution in [3.05, 3.63) is 35.4 Å². The highest BCUT2D eigenvalue weighted by Gasteiger charge is 2.22. The summed E-state index contributed by atoms with van der Waals surface area (Å²) in [4.78, 5) is 0. The summed E-state index contributed by atoms with van der Waals surface area (Å²) in [5.74, 6) is 0.652. The second-order valence-electron chi connectivity index (χ2n) is 5.43. The molecule has 0 radical (unpaired) electrons. The van der Waals surface area contributed by atoms with E-state index in [1.807, 2.05) is 12.1 Å². The normalized spacial score (nSPS) is 22.9. The van der Waals surface area contributed by atoms with Crippen molar-refractivity contribution in [3.63, 3.8) is 0 Å². The average molecular weight is 257 g/mol. The topological polar surface area (TPSA) is 33.0 Å². The number of nitrogens with zero attached hydrogens (tertiary/aromatic N) is 1. The van der Waals surface area contributed by atoms with Crippen molar-refractivity contribution in [2.24, 2.45) is 0 Å². The van der Waals surface area contributed by atoms with Gasteiger partial charge in [-0.2, -0.15) is 5.26 Å². The van der Waals surface area contributed by atoms with Crippen LogP contribution < -0.4 is 0 Å². The fourth-order valence-corrected chi connectivity index (χ4v) is 2.79. The molecule has 0 aromatic heterocycles. The molecule has 19 heavy (non-hydrogen) atoms. The SMILES string of the molecule is CCCCOC1CCC(c2ccc(C#N)cc2)CC1. The lowest BCUT2D eigenvalue weighted by Gasteiger charge is -2.28. The molecule has 0 heterocycles. The van der Waals surface area contributed by atoms with Gasteiger partial charge in [0.2, 0.25) is 0 Å². The van der Waals surface area contributed by atoms with E-state index < -0.39 is 0 Å². The Labute approximate surface area is 116 Å². The Bertz CT molecular complexity index is 410. The monoisotopic (exact) mass is 257 g/mol. The average Bonchev–Trinajstić information content (AvgIpc) is 2.48. The number of nitriles is 1. The van der Waals surface area contributed by atoms with Crippen LogP contribution in [0.2, 0.25) is 0 Å². The van der Waals surface area contributed by atoms with Crippen LogP contribution in [0.4, 0.5) is 0 Å². The molecule has 0 atom stereocenters. The van der Waals surface area contributed by atoms with E-state index in [-0.39, 0.29) is 0 Å². The van der Waals surface area contributed by atoms with Crippen molar-refractivity contribution >= 4 is 0 Å². The van der Waals surface area contributed by atoms with Gasteiger partial charge < -0.3 is 4.74 Å². The summed E-state index contributed by atoms with van der Waals surface area (Å²) in [6.45, 7) is 3.12. The Hall–Kier alpha value is -1.33. The van der Waals surface area contributed by atoms with Crippen LogP contribution in [0.25, 0.3) is 0 Å². The Morgan fingerprint density at radius 2 is 1.84 bits per heavy atom. The van der Waals surface area contributed by atoms with Gasteiger partial charge in [-0.1, -0.05) is 25.5 Å². The van der Waals surface area contributed by atoms with E-state index in [2.05, 4.69) is 25.1 Å². The van der Waals surface area contributed by atoms with Crippen LogP contribution in [0.1, 0.15) is 62.5 Å². The molecule has 1 fully saturated rings. The van der Waals surface area contributed by atoms with E-state index in [0.717, 1.165) is 12.2 Å². The van der Waals surface area contributed by atoms with Crippen molar-refractivity contribution in [2.45, 2.75) is 57.5 Å². The van der Waals surface area contributed by atoms with Crippen LogP contribution in [0, 0.1) is 11.3 Å². The van der Waals surface area contributed by atoms with Crippen molar-refractivity contribution < 1.29 is 4.74 Å². The maximum absolute atomic E-state index is 8.81. The quantitative estimate of drug-likeness (QED) is 0.732. The summed E-state index contributed by atoms with van der Waals surface area (Å²) in [6, 6.07) is 10.3. The van der Waals surface area contributed by atoms with Gasteiger partial charge >= 0.3 is 0 Å². The van der Waals surface area contributed by atoms with Gasteiger partial charge in [-0.15, -0.1) is 0 Å². The van der Waals surface area contributed by atoms with Gasteiger partial charge in [-0.25, -0.2) is 0 Å². The van der Waals surface area contributed by atoms with Crippen LogP contribution in [0.15, 0.2) is 24.3 Å². The molecule has 2 rings (SSSR count). The first-order valence-corrected chi connectivity index (χ1v) is 7.45. The zero-order valence-corrected chi connectivity index (χ0v) is 11.8. The number of rotatable bonds is 5. The minimum atomic E-state index is 0.473. The van der Waals surface area contributed by atoms with Gasteiger partial charge in [0.15, 0.2) is 0 Å². The first kappa shape index (κ1) is 14.1. The van der Waals surface area contributed by atoms with E-state index in [4.69, 9.17) is 10.00 Å². The molecule has 1 aliphatic carbocycles. The number of unbranched alkanes of at least 4 members (excludes halogenated alkanes) is 1. The predicted octanol–water partition coefficient (Wildman–Crippen LogP) is 4.40. The standard InChI is InChI=1S/C17H23NO/c1-2-3-12-19-17-10-8-16(9-11-17)15-6-4-14(13-18)5-7-15/h4-7,16-17H,2-3,8-12H2,1H3. The largest absolute Gasteiger partial charge is 0.378 e. The fourth-order valence-electron chi connectivity index (χ4n) is 2.79. The summed E-state index contributed by atoms with van der Waals surface area (Å²) in [5, 5.41) is 8.81. The molecule has 1 saturated carbocycles. The van der Waals surface area contributed by atoms with Crippen LogP contribution in [0.5, 0.6) is 0 Å². The van der Waals surface area contributed by atoms with Gasteiger partial charge in [0.05, 0.1) is 17.7 Å². The molecule has 0 saturated heterocycles. The van der Waals surface area contributed by atoms with Crippen LogP contribution in [-0.2, 0) is 4.74 Å². The highest BCUT2D eigenvalue weighted by Crippen LogP contribution is 2.34. The van der Waals surface area contributed by atoms with E-state index in [1.54, 1.807) is 0 Å². The zero-order valence-electron chi connectivity index (χ0n) is 11.8. The second-order valence-corrected chi connectivity index (χ2v) is 5.43. The molecule has 0 N–H and O–H groups in total. The van der Waals surface area contributed by atoms with E-state index in [0.29, 0.717) is 12.0 Å². The number of benzene rings is 1. The highest BCUT2D eigenvalue weighted by molar-refractivity contribution is 5.33. The van der Waals surface area contributed by atoms with Crippen molar-refractivity contribution in [1.82, 2.24) is 0 Å². The molecule has 2 heteroatoms. The molecule has 102 valence electrons. The summed E-state index contributed by atoms with van der Waals surface area (Å²) in [5.41, 5.74) is 2.13. The third kappa shape index (κ3) is 4.08. The lowest BCUT2D eigenvalue weighted by Crippen LogP contribution is -2.21. The Morgan fingerprint density at radius 1 is 1.16 bits per heavy atom. The van der Waals surface area contributed by atoms with Gasteiger partial charge in [-0.3, -0.25) is 0 Å². The molecule has 0 spiro atoms. The van der Waals surface area contributed by atoms with Crippen molar-refractivity contribution in [1.29, 1.82) is 5.26 Å². The molecular formula is C17H23NO. The lowest BCUT2D eigenvalue weighted by molar-refractivity contribution is 0.0232. The summed E-state index contributed by atoms with van der Waals surface area (Å²) in [6.07, 6.45) is 7.63. The third-order valence-electron chi connectivity index (χ3n) is 4.04. The first-order valence-electron chi connectivity index (χ1n) is 7.45. The van der Waals surface area contributed by atoms with Crippen LogP contribution >= 0.6 is 0 Å². The molecule has 0 amide bonds. The van der Waals surface area contributed by atoms with E-state index in [9.17, 15) is 0 Å². The van der Waals surface area contributed by atoms with Gasteiger partial charge in [0.1, 0.15) is 0 Å². The third-order valence-corrected chi connectivity index (χ3v) is 4.04. The fraction of sp³-hybridized carbons (Fsp3) is 0.588. The zero-order chi connectivity index (χ0) is 13.5. The van der Waals surface area contributed by atoms with Crippen LogP contribution in [0.3, 0.4) is 0 Å². The Kier molecular flexibility index (Phi) is 5.42. The number of hydrogen-bond donors (Lipinski definition) is 0. The van der Waals surface area contributed by atoms with Crippen molar-refractivity contribution in [2.75, 3.05) is 6.61 Å². The molecule has 1 aromatic carbocycles. The number of hydrogen-bond acceptors (Lipinski definition) is 2. The maximum Gasteiger partial charge on any atom is 0.0991 e. The van der Waals surface area contributed by atoms with E-state index in [1.165, 1.54) is 44.1 Å². The summed E-state index contributed by atoms with van der Waals surface area (Å²) >= 11 is 0. The van der Waals surface area contributed by atoms with Crippen molar-refractivity contribution in [3.8, 4) is 6.07 Å². The molecular weight excluding hydrogens is 234 g/mol. The first-order chi connectivity index (χ1) is 9.33.